The number of thiophene rings is 1. The van der Waals surface area contributed by atoms with E-state index in [0.717, 1.165) is 30.6 Å². The van der Waals surface area contributed by atoms with E-state index in [2.05, 4.69) is 6.07 Å². The highest BCUT2D eigenvalue weighted by atomic mass is 35.5. The van der Waals surface area contributed by atoms with Crippen LogP contribution in [-0.2, 0) is 13.0 Å². The van der Waals surface area contributed by atoms with Crippen LogP contribution < -0.4 is 0 Å². The molecule has 1 aliphatic carbocycles. The summed E-state index contributed by atoms with van der Waals surface area (Å²) in [6.07, 6.45) is 7.93. The third-order valence-electron chi connectivity index (χ3n) is 5.38. The highest BCUT2D eigenvalue weighted by Gasteiger charge is 2.39. The zero-order chi connectivity index (χ0) is 19.8. The van der Waals surface area contributed by atoms with Gasteiger partial charge in [0.15, 0.2) is 0 Å². The van der Waals surface area contributed by atoms with Crippen molar-refractivity contribution in [3.8, 4) is 0 Å². The molecule has 6 atom stereocenters. The van der Waals surface area contributed by atoms with Crippen LogP contribution in [0, 0.1) is 11.8 Å². The molecule has 0 aromatic carbocycles. The molecule has 0 amide bonds. The molecule has 1 aromatic rings. The van der Waals surface area contributed by atoms with E-state index in [4.69, 9.17) is 16.7 Å². The van der Waals surface area contributed by atoms with Crippen molar-refractivity contribution in [1.29, 1.82) is 0 Å². The number of aryl methyl sites for hydroxylation is 1. The highest BCUT2D eigenvalue weighted by Crippen LogP contribution is 2.40. The van der Waals surface area contributed by atoms with Crippen molar-refractivity contribution in [2.24, 2.45) is 11.8 Å². The van der Waals surface area contributed by atoms with Crippen LogP contribution in [0.4, 0.5) is 0 Å². The summed E-state index contributed by atoms with van der Waals surface area (Å²) in [6.45, 7) is 1.85. The van der Waals surface area contributed by atoms with Gasteiger partial charge in [-0.2, -0.15) is 0 Å². The average Bonchev–Trinajstić information content (AvgIpc) is 3.17. The summed E-state index contributed by atoms with van der Waals surface area (Å²) in [4.78, 5) is 2.26. The summed E-state index contributed by atoms with van der Waals surface area (Å²) in [6, 6.07) is 4.03. The average molecular weight is 417 g/mol. The maximum Gasteiger partial charge on any atom is 0.0774 e. The summed E-state index contributed by atoms with van der Waals surface area (Å²) in [5.74, 6) is 0.190. The van der Waals surface area contributed by atoms with Crippen LogP contribution in [-0.4, -0.2) is 44.1 Å². The van der Waals surface area contributed by atoms with Crippen LogP contribution in [0.3, 0.4) is 0 Å². The van der Waals surface area contributed by atoms with Crippen molar-refractivity contribution in [3.63, 3.8) is 0 Å². The smallest absolute Gasteiger partial charge is 0.0774 e. The number of aliphatic hydroxyl groups excluding tert-OH is 4. The van der Waals surface area contributed by atoms with Gasteiger partial charge in [0.05, 0.1) is 24.9 Å². The van der Waals surface area contributed by atoms with Crippen LogP contribution in [0.25, 0.3) is 0 Å². The lowest BCUT2D eigenvalue weighted by Gasteiger charge is -2.21. The zero-order valence-corrected chi connectivity index (χ0v) is 17.6. The first-order valence-corrected chi connectivity index (χ1v) is 11.2. The molecule has 2 rings (SSSR count). The summed E-state index contributed by atoms with van der Waals surface area (Å²) in [5, 5.41) is 38.9. The molecule has 6 heteroatoms. The molecule has 0 spiro atoms. The quantitative estimate of drug-likeness (QED) is 0.328. The maximum absolute atomic E-state index is 10.4. The molecule has 1 aliphatic rings. The van der Waals surface area contributed by atoms with Crippen LogP contribution in [0.5, 0.6) is 0 Å². The van der Waals surface area contributed by atoms with Gasteiger partial charge in [-0.05, 0) is 69.9 Å². The lowest BCUT2D eigenvalue weighted by atomic mass is 9.89. The summed E-state index contributed by atoms with van der Waals surface area (Å²) < 4.78 is 0. The van der Waals surface area contributed by atoms with E-state index in [0.29, 0.717) is 19.3 Å². The molecule has 1 saturated carbocycles. The molecule has 154 valence electrons. The predicted octanol–water partition coefficient (Wildman–Crippen LogP) is 3.64. The Kier molecular flexibility index (Phi) is 9.77. The van der Waals surface area contributed by atoms with Crippen molar-refractivity contribution >= 4 is 22.9 Å². The second kappa shape index (κ2) is 11.5. The van der Waals surface area contributed by atoms with Gasteiger partial charge < -0.3 is 20.4 Å². The molecule has 0 unspecified atom stereocenters. The Balaban J connectivity index is 1.82. The van der Waals surface area contributed by atoms with Crippen molar-refractivity contribution < 1.29 is 20.4 Å². The number of rotatable bonds is 11. The minimum atomic E-state index is -0.547. The highest BCUT2D eigenvalue weighted by molar-refractivity contribution is 7.11. The lowest BCUT2D eigenvalue weighted by molar-refractivity contribution is 0.138. The lowest BCUT2D eigenvalue weighted by Crippen LogP contribution is -2.19. The Morgan fingerprint density at radius 3 is 2.63 bits per heavy atom. The van der Waals surface area contributed by atoms with Gasteiger partial charge >= 0.3 is 0 Å². The largest absolute Gasteiger partial charge is 0.393 e. The number of aliphatic hydroxyl groups is 4. The Morgan fingerprint density at radius 2 is 1.96 bits per heavy atom. The second-order valence-corrected chi connectivity index (χ2v) is 9.52. The van der Waals surface area contributed by atoms with Crippen molar-refractivity contribution in [2.75, 3.05) is 0 Å². The number of hydrogen-bond donors (Lipinski definition) is 4. The molecule has 0 saturated heterocycles. The van der Waals surface area contributed by atoms with Gasteiger partial charge in [-0.15, -0.1) is 22.9 Å². The Morgan fingerprint density at radius 1 is 1.22 bits per heavy atom. The van der Waals surface area contributed by atoms with Gasteiger partial charge in [0, 0.05) is 21.0 Å². The van der Waals surface area contributed by atoms with E-state index in [9.17, 15) is 15.3 Å². The molecule has 0 radical (unpaired) electrons. The van der Waals surface area contributed by atoms with E-state index >= 15 is 0 Å². The number of halogens is 1. The third-order valence-corrected chi connectivity index (χ3v) is 7.01. The Hall–Kier alpha value is -0.430. The monoisotopic (exact) mass is 416 g/mol. The first-order chi connectivity index (χ1) is 12.9. The van der Waals surface area contributed by atoms with E-state index in [1.54, 1.807) is 24.3 Å². The first-order valence-electron chi connectivity index (χ1n) is 9.95. The van der Waals surface area contributed by atoms with Crippen LogP contribution in [0.2, 0.25) is 0 Å². The van der Waals surface area contributed by atoms with Crippen molar-refractivity contribution in [2.45, 2.75) is 82.2 Å². The molecule has 4 N–H and O–H groups in total. The van der Waals surface area contributed by atoms with E-state index in [1.165, 1.54) is 4.88 Å². The van der Waals surface area contributed by atoms with Crippen molar-refractivity contribution in [3.05, 3.63) is 34.0 Å². The predicted molar refractivity (Wildman–Crippen MR) is 111 cm³/mol. The molecule has 0 aliphatic heterocycles. The summed E-state index contributed by atoms with van der Waals surface area (Å²) >= 11 is 8.14. The maximum atomic E-state index is 10.4. The summed E-state index contributed by atoms with van der Waals surface area (Å²) in [7, 11) is 0. The Bertz CT molecular complexity index is 574. The normalized spacial score (nSPS) is 28.1. The van der Waals surface area contributed by atoms with Crippen molar-refractivity contribution in [1.82, 2.24) is 0 Å². The number of alkyl halides is 1. The molecule has 1 fully saturated rings. The molecule has 0 bridgehead atoms. The van der Waals surface area contributed by atoms with Gasteiger partial charge in [0.1, 0.15) is 0 Å². The standard InChI is InChI=1S/C21H33ClO4S/c1-14(24)4-2-5-15(25)8-11-19-18(20(22)12-21(19)26)7-3-6-16-9-10-17(13-23)27-16/h8-11,14-15,18-21,23-26H,2-7,12-13H2,1H3/b11-8+/t14-,15+,18-,19-,20-,21-/m1/s1. The fourth-order valence-corrected chi connectivity index (χ4v) is 5.26. The van der Waals surface area contributed by atoms with Gasteiger partial charge in [-0.25, -0.2) is 0 Å². The minimum Gasteiger partial charge on any atom is -0.393 e. The van der Waals surface area contributed by atoms with Gasteiger partial charge in [0.2, 0.25) is 0 Å². The minimum absolute atomic E-state index is 0.0183. The van der Waals surface area contributed by atoms with Gasteiger partial charge in [-0.1, -0.05) is 12.2 Å². The summed E-state index contributed by atoms with van der Waals surface area (Å²) in [5.41, 5.74) is 0. The molecule has 1 aromatic heterocycles. The second-order valence-electron chi connectivity index (χ2n) is 7.71. The molecular weight excluding hydrogens is 384 g/mol. The molecule has 1 heterocycles. The van der Waals surface area contributed by atoms with Crippen LogP contribution in [0.1, 0.15) is 55.2 Å². The third kappa shape index (κ3) is 7.48. The molecule has 4 nitrogen and oxygen atoms in total. The Labute approximate surface area is 171 Å². The van der Waals surface area contributed by atoms with E-state index in [-0.39, 0.29) is 29.9 Å². The SMILES string of the molecule is C[C@@H](O)CCC[C@H](O)/C=C/[C@@H]1[C@@H](CCCc2ccc(CO)s2)[C@H](Cl)C[C@H]1O. The van der Waals surface area contributed by atoms with E-state index < -0.39 is 12.2 Å². The van der Waals surface area contributed by atoms with Gasteiger partial charge in [-0.3, -0.25) is 0 Å². The zero-order valence-electron chi connectivity index (χ0n) is 16.0. The fourth-order valence-electron chi connectivity index (χ4n) is 3.86. The topological polar surface area (TPSA) is 80.9 Å². The van der Waals surface area contributed by atoms with E-state index in [1.807, 2.05) is 12.1 Å². The fraction of sp³-hybridized carbons (Fsp3) is 0.714. The first kappa shape index (κ1) is 22.9. The van der Waals surface area contributed by atoms with Crippen LogP contribution >= 0.6 is 22.9 Å². The van der Waals surface area contributed by atoms with Crippen LogP contribution in [0.15, 0.2) is 24.3 Å². The molecular formula is C21H33ClO4S. The van der Waals surface area contributed by atoms with Gasteiger partial charge in [0.25, 0.3) is 0 Å². The molecule has 27 heavy (non-hydrogen) atoms. The number of hydrogen-bond acceptors (Lipinski definition) is 5.